The van der Waals surface area contributed by atoms with Gasteiger partial charge in [0.25, 0.3) is 11.8 Å². The van der Waals surface area contributed by atoms with Gasteiger partial charge in [0, 0.05) is 30.4 Å². The van der Waals surface area contributed by atoms with E-state index in [9.17, 15) is 19.2 Å². The quantitative estimate of drug-likeness (QED) is 0.450. The lowest BCUT2D eigenvalue weighted by Crippen LogP contribution is -2.52. The SMILES string of the molecule is Cc1cnc(C2(NC(=O)c3cn(-c4ccc5c(c4)C(=O)N(C4CCC(=O)NC4=O)C5)nn3)CCC2)[nH]1. The van der Waals surface area contributed by atoms with Crippen molar-refractivity contribution in [1.82, 2.24) is 40.5 Å². The molecule has 2 fully saturated rings. The smallest absolute Gasteiger partial charge is 0.274 e. The summed E-state index contributed by atoms with van der Waals surface area (Å²) in [7, 11) is 0. The van der Waals surface area contributed by atoms with Crippen molar-refractivity contribution in [3.63, 3.8) is 0 Å². The van der Waals surface area contributed by atoms with Gasteiger partial charge in [0.05, 0.1) is 17.4 Å². The van der Waals surface area contributed by atoms with Crippen molar-refractivity contribution >= 4 is 23.6 Å². The molecule has 1 saturated carbocycles. The molecule has 2 aliphatic heterocycles. The highest BCUT2D eigenvalue weighted by Crippen LogP contribution is 2.40. The van der Waals surface area contributed by atoms with E-state index in [0.717, 1.165) is 36.3 Å². The van der Waals surface area contributed by atoms with Gasteiger partial charge in [0.2, 0.25) is 11.8 Å². The first-order valence-corrected chi connectivity index (χ1v) is 11.9. The maximum absolute atomic E-state index is 13.1. The monoisotopic (exact) mass is 488 g/mol. The molecule has 2 aromatic heterocycles. The van der Waals surface area contributed by atoms with E-state index in [0.29, 0.717) is 24.2 Å². The molecule has 0 spiro atoms. The third kappa shape index (κ3) is 3.56. The number of fused-ring (bicyclic) bond motifs is 1. The summed E-state index contributed by atoms with van der Waals surface area (Å²) in [6, 6.07) is 4.59. The number of aromatic nitrogens is 5. The Morgan fingerprint density at radius 1 is 1.22 bits per heavy atom. The highest BCUT2D eigenvalue weighted by molar-refractivity contribution is 6.05. The summed E-state index contributed by atoms with van der Waals surface area (Å²) in [6.45, 7) is 2.21. The molecule has 1 saturated heterocycles. The number of nitrogens with zero attached hydrogens (tertiary/aromatic N) is 5. The molecule has 1 atom stereocenters. The van der Waals surface area contributed by atoms with Gasteiger partial charge >= 0.3 is 0 Å². The summed E-state index contributed by atoms with van der Waals surface area (Å²) in [6.07, 6.45) is 6.34. The Bertz CT molecular complexity index is 1420. The summed E-state index contributed by atoms with van der Waals surface area (Å²) in [5.74, 6) is -0.661. The largest absolute Gasteiger partial charge is 0.344 e. The number of benzene rings is 1. The Labute approximate surface area is 205 Å². The van der Waals surface area contributed by atoms with Crippen LogP contribution >= 0.6 is 0 Å². The number of carbonyl (C=O) groups is 4. The molecule has 36 heavy (non-hydrogen) atoms. The molecule has 0 bridgehead atoms. The van der Waals surface area contributed by atoms with Crippen LogP contribution in [0.4, 0.5) is 0 Å². The molecule has 1 unspecified atom stereocenters. The Morgan fingerprint density at radius 2 is 2.06 bits per heavy atom. The van der Waals surface area contributed by atoms with Gasteiger partial charge < -0.3 is 15.2 Å². The standard InChI is InChI=1S/C24H24N8O4/c1-13-10-25-23(26-13)24(7-2-8-24)28-20(34)17-12-32(30-29-17)15-4-3-14-11-31(22(36)16(14)9-15)18-5-6-19(33)27-21(18)35/h3-4,9-10,12,18H,2,5-8,11H2,1H3,(H,25,26)(H,28,34)(H,27,33,35). The summed E-state index contributed by atoms with van der Waals surface area (Å²) in [5.41, 5.74) is 2.36. The van der Waals surface area contributed by atoms with Crippen LogP contribution in [0.5, 0.6) is 0 Å². The predicted molar refractivity (Wildman–Crippen MR) is 124 cm³/mol. The first-order valence-electron chi connectivity index (χ1n) is 11.9. The zero-order valence-corrected chi connectivity index (χ0v) is 19.6. The summed E-state index contributed by atoms with van der Waals surface area (Å²) < 4.78 is 1.45. The van der Waals surface area contributed by atoms with Crippen molar-refractivity contribution in [2.24, 2.45) is 0 Å². The number of imidazole rings is 1. The van der Waals surface area contributed by atoms with Crippen molar-refractivity contribution < 1.29 is 19.2 Å². The number of rotatable bonds is 5. The Morgan fingerprint density at radius 3 is 2.75 bits per heavy atom. The Kier molecular flexibility index (Phi) is 4.99. The molecule has 3 N–H and O–H groups in total. The van der Waals surface area contributed by atoms with Gasteiger partial charge in [-0.3, -0.25) is 24.5 Å². The minimum atomic E-state index is -0.676. The van der Waals surface area contributed by atoms with E-state index in [4.69, 9.17) is 0 Å². The number of amides is 4. The fourth-order valence-electron chi connectivity index (χ4n) is 5.07. The van der Waals surface area contributed by atoms with Crippen molar-refractivity contribution in [3.8, 4) is 5.69 Å². The minimum absolute atomic E-state index is 0.154. The van der Waals surface area contributed by atoms with E-state index in [1.807, 2.05) is 6.92 Å². The molecule has 0 radical (unpaired) electrons. The minimum Gasteiger partial charge on any atom is -0.344 e. The van der Waals surface area contributed by atoms with Crippen LogP contribution in [0.25, 0.3) is 5.69 Å². The number of H-pyrrole nitrogens is 1. The van der Waals surface area contributed by atoms with Gasteiger partial charge in [-0.25, -0.2) is 9.67 Å². The third-order valence-electron chi connectivity index (χ3n) is 7.22. The van der Waals surface area contributed by atoms with Crippen LogP contribution in [-0.2, 0) is 21.7 Å². The summed E-state index contributed by atoms with van der Waals surface area (Å²) in [5, 5.41) is 13.5. The fourth-order valence-corrected chi connectivity index (χ4v) is 5.07. The van der Waals surface area contributed by atoms with Crippen LogP contribution in [0.2, 0.25) is 0 Å². The lowest BCUT2D eigenvalue weighted by atomic mass is 9.76. The number of aromatic amines is 1. The van der Waals surface area contributed by atoms with E-state index >= 15 is 0 Å². The fraction of sp³-hybridized carbons (Fsp3) is 0.375. The maximum atomic E-state index is 13.1. The second kappa shape index (κ2) is 8.11. The van der Waals surface area contributed by atoms with Crippen LogP contribution in [0.1, 0.15) is 70.0 Å². The molecule has 4 amide bonds. The van der Waals surface area contributed by atoms with Gasteiger partial charge in [0.1, 0.15) is 11.9 Å². The average Bonchev–Trinajstić information content (AvgIpc) is 3.56. The molecule has 6 rings (SSSR count). The number of hydrogen-bond acceptors (Lipinski definition) is 7. The molecule has 184 valence electrons. The highest BCUT2D eigenvalue weighted by Gasteiger charge is 2.43. The average molecular weight is 489 g/mol. The lowest BCUT2D eigenvalue weighted by Gasteiger charge is -2.40. The van der Waals surface area contributed by atoms with Crippen LogP contribution in [0.3, 0.4) is 0 Å². The maximum Gasteiger partial charge on any atom is 0.274 e. The zero-order valence-electron chi connectivity index (χ0n) is 19.6. The van der Waals surface area contributed by atoms with E-state index in [1.54, 1.807) is 24.4 Å². The van der Waals surface area contributed by atoms with Crippen LogP contribution in [0.15, 0.2) is 30.6 Å². The number of piperidine rings is 1. The van der Waals surface area contributed by atoms with Crippen molar-refractivity contribution in [2.75, 3.05) is 0 Å². The molecule has 12 heteroatoms. The number of imide groups is 1. The van der Waals surface area contributed by atoms with Gasteiger partial charge in [-0.05, 0) is 50.3 Å². The number of aryl methyl sites for hydroxylation is 1. The van der Waals surface area contributed by atoms with E-state index in [2.05, 4.69) is 30.9 Å². The lowest BCUT2D eigenvalue weighted by molar-refractivity contribution is -0.136. The zero-order chi connectivity index (χ0) is 25.0. The van der Waals surface area contributed by atoms with Crippen molar-refractivity contribution in [3.05, 3.63) is 58.9 Å². The molecule has 4 heterocycles. The molecule has 12 nitrogen and oxygen atoms in total. The van der Waals surface area contributed by atoms with Crippen LogP contribution in [0, 0.1) is 6.92 Å². The van der Waals surface area contributed by atoms with Gasteiger partial charge in [0.15, 0.2) is 5.69 Å². The second-order valence-corrected chi connectivity index (χ2v) is 9.59. The van der Waals surface area contributed by atoms with Crippen molar-refractivity contribution in [1.29, 1.82) is 0 Å². The van der Waals surface area contributed by atoms with Crippen LogP contribution < -0.4 is 10.6 Å². The first-order chi connectivity index (χ1) is 17.3. The highest BCUT2D eigenvalue weighted by atomic mass is 16.2. The van der Waals surface area contributed by atoms with Crippen molar-refractivity contribution in [2.45, 2.75) is 57.2 Å². The summed E-state index contributed by atoms with van der Waals surface area (Å²) in [4.78, 5) is 59.0. The van der Waals surface area contributed by atoms with Crippen LogP contribution in [-0.4, -0.2) is 59.5 Å². The molecular formula is C24H24N8O4. The molecule has 3 aromatic rings. The normalized spacial score (nSPS) is 20.6. The number of hydrogen-bond donors (Lipinski definition) is 3. The van der Waals surface area contributed by atoms with Gasteiger partial charge in [-0.2, -0.15) is 0 Å². The van der Waals surface area contributed by atoms with E-state index < -0.39 is 17.5 Å². The number of carbonyl (C=O) groups excluding carboxylic acids is 4. The topological polar surface area (TPSA) is 155 Å². The Hall–Kier alpha value is -4.35. The third-order valence-corrected chi connectivity index (χ3v) is 7.22. The molecule has 1 aromatic carbocycles. The summed E-state index contributed by atoms with van der Waals surface area (Å²) >= 11 is 0. The Balaban J connectivity index is 1.20. The first kappa shape index (κ1) is 22.1. The second-order valence-electron chi connectivity index (χ2n) is 9.59. The molecule has 3 aliphatic rings. The van der Waals surface area contributed by atoms with E-state index in [1.165, 1.54) is 15.8 Å². The van der Waals surface area contributed by atoms with Gasteiger partial charge in [-0.15, -0.1) is 5.10 Å². The predicted octanol–water partition coefficient (Wildman–Crippen LogP) is 0.869. The van der Waals surface area contributed by atoms with Gasteiger partial charge in [-0.1, -0.05) is 11.3 Å². The van der Waals surface area contributed by atoms with E-state index in [-0.39, 0.29) is 29.8 Å². The number of nitrogens with one attached hydrogen (secondary N) is 3. The molecular weight excluding hydrogens is 464 g/mol. The molecule has 1 aliphatic carbocycles.